The number of amides is 1. The molecule has 0 saturated carbocycles. The molecule has 2 aliphatic rings. The van der Waals surface area contributed by atoms with Gasteiger partial charge in [0.05, 0.1) is 7.11 Å². The van der Waals surface area contributed by atoms with Gasteiger partial charge in [-0.05, 0) is 61.8 Å². The van der Waals surface area contributed by atoms with Gasteiger partial charge in [0.25, 0.3) is 5.91 Å². The summed E-state index contributed by atoms with van der Waals surface area (Å²) >= 11 is 5.94. The van der Waals surface area contributed by atoms with Gasteiger partial charge >= 0.3 is 0 Å². The summed E-state index contributed by atoms with van der Waals surface area (Å²) in [5, 5.41) is 0.696. The molecule has 2 fully saturated rings. The lowest BCUT2D eigenvalue weighted by Gasteiger charge is -2.35. The zero-order valence-electron chi connectivity index (χ0n) is 18.8. The maximum absolute atomic E-state index is 13.1. The Morgan fingerprint density at radius 3 is 2.19 bits per heavy atom. The number of carbonyl (C=O) groups is 1. The minimum atomic E-state index is 0.0479. The smallest absolute Gasteiger partial charge is 0.254 e. The van der Waals surface area contributed by atoms with Crippen molar-refractivity contribution in [1.82, 2.24) is 14.7 Å². The molecule has 1 amide bonds. The molecule has 7 heteroatoms. The number of halogens is 1. The molecule has 32 heavy (non-hydrogen) atoms. The second-order valence-electron chi connectivity index (χ2n) is 8.46. The molecular weight excluding hydrogens is 426 g/mol. The molecule has 0 unspecified atom stereocenters. The summed E-state index contributed by atoms with van der Waals surface area (Å²) in [6.45, 7) is 8.49. The van der Waals surface area contributed by atoms with Crippen LogP contribution < -0.4 is 9.47 Å². The molecule has 0 atom stereocenters. The molecule has 2 aliphatic heterocycles. The van der Waals surface area contributed by atoms with Crippen LogP contribution in [-0.2, 0) is 6.61 Å². The summed E-state index contributed by atoms with van der Waals surface area (Å²) in [6.07, 6.45) is 2.66. The van der Waals surface area contributed by atoms with E-state index in [1.165, 1.54) is 25.9 Å². The van der Waals surface area contributed by atoms with Crippen LogP contribution in [0.4, 0.5) is 0 Å². The number of ether oxygens (including phenoxy) is 2. The first kappa shape index (κ1) is 22.9. The van der Waals surface area contributed by atoms with E-state index in [-0.39, 0.29) is 5.91 Å². The average molecular weight is 458 g/mol. The van der Waals surface area contributed by atoms with E-state index in [1.54, 1.807) is 13.2 Å². The van der Waals surface area contributed by atoms with Gasteiger partial charge in [-0.2, -0.15) is 0 Å². The number of hydrogen-bond acceptors (Lipinski definition) is 5. The summed E-state index contributed by atoms with van der Waals surface area (Å²) in [6, 6.07) is 12.9. The van der Waals surface area contributed by atoms with Crippen LogP contribution in [0.2, 0.25) is 5.02 Å². The molecule has 0 N–H and O–H groups in total. The van der Waals surface area contributed by atoms with Gasteiger partial charge in [0.15, 0.2) is 11.5 Å². The summed E-state index contributed by atoms with van der Waals surface area (Å²) < 4.78 is 11.4. The Balaban J connectivity index is 1.30. The van der Waals surface area contributed by atoms with E-state index in [0.717, 1.165) is 44.8 Å². The third-order valence-electron chi connectivity index (χ3n) is 6.31. The van der Waals surface area contributed by atoms with Crippen molar-refractivity contribution in [2.45, 2.75) is 19.4 Å². The van der Waals surface area contributed by atoms with E-state index < -0.39 is 0 Å². The van der Waals surface area contributed by atoms with E-state index in [9.17, 15) is 4.79 Å². The minimum Gasteiger partial charge on any atom is -0.493 e. The lowest BCUT2D eigenvalue weighted by atomic mass is 10.1. The van der Waals surface area contributed by atoms with E-state index in [2.05, 4.69) is 9.80 Å². The average Bonchev–Trinajstić information content (AvgIpc) is 3.36. The van der Waals surface area contributed by atoms with Gasteiger partial charge in [-0.1, -0.05) is 23.7 Å². The molecule has 172 valence electrons. The number of benzene rings is 2. The van der Waals surface area contributed by atoms with Crippen LogP contribution in [0.5, 0.6) is 11.5 Å². The molecule has 2 aromatic rings. The monoisotopic (exact) mass is 457 g/mol. The van der Waals surface area contributed by atoms with Crippen molar-refractivity contribution in [3.8, 4) is 11.5 Å². The first-order valence-electron chi connectivity index (χ1n) is 11.4. The lowest BCUT2D eigenvalue weighted by Crippen LogP contribution is -2.50. The van der Waals surface area contributed by atoms with Crippen molar-refractivity contribution in [2.24, 2.45) is 0 Å². The van der Waals surface area contributed by atoms with Crippen LogP contribution in [0.3, 0.4) is 0 Å². The fourth-order valence-electron chi connectivity index (χ4n) is 4.31. The first-order chi connectivity index (χ1) is 15.6. The predicted octanol–water partition coefficient (Wildman–Crippen LogP) is 3.78. The fourth-order valence-corrected chi connectivity index (χ4v) is 4.43. The second-order valence-corrected chi connectivity index (χ2v) is 8.90. The van der Waals surface area contributed by atoms with Gasteiger partial charge < -0.3 is 19.3 Å². The predicted molar refractivity (Wildman–Crippen MR) is 127 cm³/mol. The molecule has 2 saturated heterocycles. The van der Waals surface area contributed by atoms with E-state index in [1.807, 2.05) is 41.3 Å². The third kappa shape index (κ3) is 5.94. The fraction of sp³-hybridized carbons (Fsp3) is 0.480. The molecule has 0 spiro atoms. The summed E-state index contributed by atoms with van der Waals surface area (Å²) in [7, 11) is 1.60. The summed E-state index contributed by atoms with van der Waals surface area (Å²) in [4.78, 5) is 20.0. The third-order valence-corrected chi connectivity index (χ3v) is 6.56. The summed E-state index contributed by atoms with van der Waals surface area (Å²) in [5.74, 6) is 1.23. The van der Waals surface area contributed by atoms with Crippen LogP contribution in [0.25, 0.3) is 0 Å². The molecule has 0 bridgehead atoms. The van der Waals surface area contributed by atoms with Crippen molar-refractivity contribution in [3.05, 3.63) is 58.6 Å². The Bertz CT molecular complexity index is 892. The van der Waals surface area contributed by atoms with Crippen molar-refractivity contribution in [3.63, 3.8) is 0 Å². The highest BCUT2D eigenvalue weighted by molar-refractivity contribution is 6.30. The van der Waals surface area contributed by atoms with E-state index in [4.69, 9.17) is 21.1 Å². The molecule has 2 heterocycles. The topological polar surface area (TPSA) is 45.2 Å². The molecular formula is C25H32ClN3O3. The van der Waals surface area contributed by atoms with Crippen molar-refractivity contribution in [1.29, 1.82) is 0 Å². The van der Waals surface area contributed by atoms with E-state index in [0.29, 0.717) is 28.7 Å². The largest absolute Gasteiger partial charge is 0.493 e. The number of nitrogens with zero attached hydrogens (tertiary/aromatic N) is 3. The molecule has 0 aliphatic carbocycles. The number of rotatable bonds is 8. The number of methoxy groups -OCH3 is 1. The molecule has 6 nitrogen and oxygen atoms in total. The van der Waals surface area contributed by atoms with Crippen molar-refractivity contribution in [2.75, 3.05) is 59.5 Å². The Morgan fingerprint density at radius 2 is 1.53 bits per heavy atom. The molecule has 4 rings (SSSR count). The highest BCUT2D eigenvalue weighted by Crippen LogP contribution is 2.29. The number of hydrogen-bond donors (Lipinski definition) is 0. The molecule has 0 radical (unpaired) electrons. The van der Waals surface area contributed by atoms with E-state index >= 15 is 0 Å². The van der Waals surface area contributed by atoms with Crippen molar-refractivity contribution < 1.29 is 14.3 Å². The zero-order chi connectivity index (χ0) is 22.3. The standard InChI is InChI=1S/C25H32ClN3O3/c1-31-24-18-21(6-9-23(24)32-19-20-4-7-22(26)8-5-20)25(30)29-16-14-28(15-17-29)13-12-27-10-2-3-11-27/h4-9,18H,2-3,10-17,19H2,1H3. The normalized spacial score (nSPS) is 17.5. The van der Waals surface area contributed by atoms with Crippen molar-refractivity contribution >= 4 is 17.5 Å². The Kier molecular flexibility index (Phi) is 7.90. The van der Waals surface area contributed by atoms with Gasteiger partial charge in [0, 0.05) is 49.9 Å². The SMILES string of the molecule is COc1cc(C(=O)N2CCN(CCN3CCCC3)CC2)ccc1OCc1ccc(Cl)cc1. The number of piperazine rings is 1. The Labute approximate surface area is 195 Å². The lowest BCUT2D eigenvalue weighted by molar-refractivity contribution is 0.0626. The van der Waals surface area contributed by atoms with Gasteiger partial charge in [0.1, 0.15) is 6.61 Å². The highest BCUT2D eigenvalue weighted by Gasteiger charge is 2.23. The van der Waals surface area contributed by atoms with Crippen LogP contribution in [0, 0.1) is 0 Å². The van der Waals surface area contributed by atoms with Gasteiger partial charge in [-0.15, -0.1) is 0 Å². The van der Waals surface area contributed by atoms with Gasteiger partial charge in [-0.25, -0.2) is 0 Å². The molecule has 0 aromatic heterocycles. The maximum atomic E-state index is 13.1. The Hall–Kier alpha value is -2.28. The number of carbonyl (C=O) groups excluding carboxylic acids is 1. The van der Waals surface area contributed by atoms with Crippen LogP contribution in [0.1, 0.15) is 28.8 Å². The quantitative estimate of drug-likeness (QED) is 0.603. The number of likely N-dealkylation sites (tertiary alicyclic amines) is 1. The minimum absolute atomic E-state index is 0.0479. The molecule has 2 aromatic carbocycles. The first-order valence-corrected chi connectivity index (χ1v) is 11.8. The van der Waals surface area contributed by atoms with Crippen LogP contribution >= 0.6 is 11.6 Å². The van der Waals surface area contributed by atoms with Crippen LogP contribution in [-0.4, -0.2) is 80.1 Å². The maximum Gasteiger partial charge on any atom is 0.254 e. The highest BCUT2D eigenvalue weighted by atomic mass is 35.5. The van der Waals surface area contributed by atoms with Crippen LogP contribution in [0.15, 0.2) is 42.5 Å². The van der Waals surface area contributed by atoms with Gasteiger partial charge in [0.2, 0.25) is 0 Å². The zero-order valence-corrected chi connectivity index (χ0v) is 19.5. The second kappa shape index (κ2) is 11.0. The van der Waals surface area contributed by atoms with Gasteiger partial charge in [-0.3, -0.25) is 9.69 Å². The summed E-state index contributed by atoms with van der Waals surface area (Å²) in [5.41, 5.74) is 1.64. The Morgan fingerprint density at radius 1 is 0.875 bits per heavy atom.